The molecule has 0 saturated heterocycles. The quantitative estimate of drug-likeness (QED) is 0.887. The Morgan fingerprint density at radius 3 is 2.37 bits per heavy atom. The topological polar surface area (TPSA) is 26.0 Å². The van der Waals surface area contributed by atoms with Crippen LogP contribution in [-0.4, -0.2) is 0 Å². The molecule has 0 bridgehead atoms. The van der Waals surface area contributed by atoms with Gasteiger partial charge in [0.05, 0.1) is 0 Å². The third-order valence-electron chi connectivity index (χ3n) is 3.68. The van der Waals surface area contributed by atoms with E-state index in [0.717, 1.165) is 10.9 Å². The second-order valence-electron chi connectivity index (χ2n) is 5.48. The van der Waals surface area contributed by atoms with Gasteiger partial charge in [0.1, 0.15) is 0 Å². The third kappa shape index (κ3) is 3.26. The van der Waals surface area contributed by atoms with E-state index >= 15 is 0 Å². The van der Waals surface area contributed by atoms with Gasteiger partial charge in [0.2, 0.25) is 0 Å². The number of hydrogen-bond acceptors (Lipinski definition) is 1. The first-order valence-electron chi connectivity index (χ1n) is 6.50. The number of aryl methyl sites for hydroxylation is 2. The molecule has 0 heterocycles. The summed E-state index contributed by atoms with van der Waals surface area (Å²) in [5.41, 5.74) is 11.2. The Balaban J connectivity index is 2.32. The van der Waals surface area contributed by atoms with Gasteiger partial charge in [0.15, 0.2) is 0 Å². The summed E-state index contributed by atoms with van der Waals surface area (Å²) in [5.74, 6) is 0. The van der Waals surface area contributed by atoms with E-state index in [2.05, 4.69) is 73.1 Å². The zero-order valence-electron chi connectivity index (χ0n) is 11.7. The predicted molar refractivity (Wildman–Crippen MR) is 85.3 cm³/mol. The standard InChI is InChI=1S/C17H20BrN/c1-12-8-9-15(10-13(12)2)17(3,19)11-14-6-4-5-7-16(14)18/h4-10H,11,19H2,1-3H3. The van der Waals surface area contributed by atoms with Gasteiger partial charge in [0, 0.05) is 10.0 Å². The minimum absolute atomic E-state index is 0.359. The SMILES string of the molecule is Cc1ccc(C(C)(N)Cc2ccccc2Br)cc1C. The molecule has 19 heavy (non-hydrogen) atoms. The molecule has 1 atom stereocenters. The molecular formula is C17H20BrN. The van der Waals surface area contributed by atoms with Crippen LogP contribution in [0.15, 0.2) is 46.9 Å². The van der Waals surface area contributed by atoms with Crippen molar-refractivity contribution < 1.29 is 0 Å². The zero-order valence-corrected chi connectivity index (χ0v) is 13.3. The highest BCUT2D eigenvalue weighted by molar-refractivity contribution is 9.10. The second kappa shape index (κ2) is 5.48. The normalized spacial score (nSPS) is 14.2. The van der Waals surface area contributed by atoms with Gasteiger partial charge >= 0.3 is 0 Å². The number of hydrogen-bond donors (Lipinski definition) is 1. The second-order valence-corrected chi connectivity index (χ2v) is 6.34. The van der Waals surface area contributed by atoms with Gasteiger partial charge in [-0.15, -0.1) is 0 Å². The van der Waals surface area contributed by atoms with Gasteiger partial charge in [-0.2, -0.15) is 0 Å². The molecule has 2 rings (SSSR count). The number of halogens is 1. The Morgan fingerprint density at radius 1 is 1.05 bits per heavy atom. The molecule has 1 nitrogen and oxygen atoms in total. The predicted octanol–water partition coefficient (Wildman–Crippen LogP) is 4.48. The van der Waals surface area contributed by atoms with Crippen molar-refractivity contribution in [2.45, 2.75) is 32.7 Å². The monoisotopic (exact) mass is 317 g/mol. The van der Waals surface area contributed by atoms with Crippen molar-refractivity contribution in [3.63, 3.8) is 0 Å². The van der Waals surface area contributed by atoms with Crippen molar-refractivity contribution in [2.75, 3.05) is 0 Å². The maximum Gasteiger partial charge on any atom is 0.0422 e. The largest absolute Gasteiger partial charge is 0.321 e. The molecule has 0 aliphatic rings. The smallest absolute Gasteiger partial charge is 0.0422 e. The van der Waals surface area contributed by atoms with E-state index in [1.165, 1.54) is 22.3 Å². The Hall–Kier alpha value is -1.12. The molecule has 0 radical (unpaired) electrons. The summed E-state index contributed by atoms with van der Waals surface area (Å²) >= 11 is 3.59. The summed E-state index contributed by atoms with van der Waals surface area (Å²) in [6.45, 7) is 6.35. The van der Waals surface area contributed by atoms with Crippen molar-refractivity contribution in [1.82, 2.24) is 0 Å². The van der Waals surface area contributed by atoms with Crippen LogP contribution in [-0.2, 0) is 12.0 Å². The molecule has 0 amide bonds. The van der Waals surface area contributed by atoms with Crippen molar-refractivity contribution >= 4 is 15.9 Å². The Bertz CT molecular complexity index is 588. The highest BCUT2D eigenvalue weighted by atomic mass is 79.9. The average molecular weight is 318 g/mol. The summed E-state index contributed by atoms with van der Waals surface area (Å²) in [4.78, 5) is 0. The maximum atomic E-state index is 6.54. The highest BCUT2D eigenvalue weighted by Gasteiger charge is 2.22. The lowest BCUT2D eigenvalue weighted by Crippen LogP contribution is -2.35. The molecule has 2 heteroatoms. The van der Waals surface area contributed by atoms with Gasteiger partial charge < -0.3 is 5.73 Å². The summed E-state index contributed by atoms with van der Waals surface area (Å²) in [5, 5.41) is 0. The van der Waals surface area contributed by atoms with E-state index in [1.54, 1.807) is 0 Å². The van der Waals surface area contributed by atoms with E-state index in [-0.39, 0.29) is 5.54 Å². The molecule has 0 aliphatic carbocycles. The Labute approximate surface area is 124 Å². The van der Waals surface area contributed by atoms with E-state index < -0.39 is 0 Å². The average Bonchev–Trinajstić information content (AvgIpc) is 2.35. The first kappa shape index (κ1) is 14.3. The molecule has 0 saturated carbocycles. The van der Waals surface area contributed by atoms with Crippen molar-refractivity contribution in [3.8, 4) is 0 Å². The van der Waals surface area contributed by atoms with Crippen LogP contribution in [0.3, 0.4) is 0 Å². The lowest BCUT2D eigenvalue weighted by molar-refractivity contribution is 0.490. The van der Waals surface area contributed by atoms with Crippen LogP contribution in [0.1, 0.15) is 29.2 Å². The number of benzene rings is 2. The lowest BCUT2D eigenvalue weighted by Gasteiger charge is -2.26. The zero-order chi connectivity index (χ0) is 14.0. The fourth-order valence-corrected chi connectivity index (χ4v) is 2.66. The Kier molecular flexibility index (Phi) is 4.12. The molecule has 0 aromatic heterocycles. The van der Waals surface area contributed by atoms with E-state index in [1.807, 2.05) is 6.07 Å². The van der Waals surface area contributed by atoms with Crippen LogP contribution in [0, 0.1) is 13.8 Å². The molecule has 2 N–H and O–H groups in total. The summed E-state index contributed by atoms with van der Waals surface area (Å²) in [6.07, 6.45) is 0.816. The van der Waals surface area contributed by atoms with Crippen LogP contribution in [0.4, 0.5) is 0 Å². The van der Waals surface area contributed by atoms with Gasteiger partial charge in [-0.3, -0.25) is 0 Å². The minimum Gasteiger partial charge on any atom is -0.321 e. The molecule has 2 aromatic carbocycles. The maximum absolute atomic E-state index is 6.54. The molecule has 0 fully saturated rings. The van der Waals surface area contributed by atoms with Gasteiger partial charge in [-0.25, -0.2) is 0 Å². The van der Waals surface area contributed by atoms with Crippen molar-refractivity contribution in [1.29, 1.82) is 0 Å². The molecular weight excluding hydrogens is 298 g/mol. The van der Waals surface area contributed by atoms with Crippen LogP contribution >= 0.6 is 15.9 Å². The summed E-state index contributed by atoms with van der Waals surface area (Å²) in [6, 6.07) is 14.7. The highest BCUT2D eigenvalue weighted by Crippen LogP contribution is 2.27. The fourth-order valence-electron chi connectivity index (χ4n) is 2.24. The Morgan fingerprint density at radius 2 is 1.74 bits per heavy atom. The van der Waals surface area contributed by atoms with Crippen LogP contribution in [0.25, 0.3) is 0 Å². The fraction of sp³-hybridized carbons (Fsp3) is 0.294. The molecule has 0 spiro atoms. The lowest BCUT2D eigenvalue weighted by atomic mass is 9.85. The third-order valence-corrected chi connectivity index (χ3v) is 4.46. The van der Waals surface area contributed by atoms with E-state index in [0.29, 0.717) is 0 Å². The number of nitrogens with two attached hydrogens (primary N) is 1. The first-order valence-corrected chi connectivity index (χ1v) is 7.29. The van der Waals surface area contributed by atoms with Crippen LogP contribution in [0.2, 0.25) is 0 Å². The van der Waals surface area contributed by atoms with E-state index in [4.69, 9.17) is 5.73 Å². The number of rotatable bonds is 3. The van der Waals surface area contributed by atoms with Gasteiger partial charge in [-0.05, 0) is 55.5 Å². The van der Waals surface area contributed by atoms with Gasteiger partial charge in [0.25, 0.3) is 0 Å². The van der Waals surface area contributed by atoms with Crippen molar-refractivity contribution in [2.24, 2.45) is 5.73 Å². The summed E-state index contributed by atoms with van der Waals surface area (Å²) < 4.78 is 1.12. The molecule has 1 unspecified atom stereocenters. The first-order chi connectivity index (χ1) is 8.90. The van der Waals surface area contributed by atoms with Crippen molar-refractivity contribution in [3.05, 3.63) is 69.2 Å². The van der Waals surface area contributed by atoms with Crippen LogP contribution in [0.5, 0.6) is 0 Å². The minimum atomic E-state index is -0.359. The molecule has 100 valence electrons. The van der Waals surface area contributed by atoms with Gasteiger partial charge in [-0.1, -0.05) is 52.3 Å². The summed E-state index contributed by atoms with van der Waals surface area (Å²) in [7, 11) is 0. The van der Waals surface area contributed by atoms with E-state index in [9.17, 15) is 0 Å². The molecule has 2 aromatic rings. The molecule has 0 aliphatic heterocycles. The van der Waals surface area contributed by atoms with Crippen LogP contribution < -0.4 is 5.73 Å².